The molecule has 7 heteroatoms. The lowest BCUT2D eigenvalue weighted by Gasteiger charge is -2.21. The van der Waals surface area contributed by atoms with Crippen LogP contribution in [-0.2, 0) is 9.59 Å². The molecule has 0 aromatic rings. The molecular formula is C22H43N3O4. The van der Waals surface area contributed by atoms with Crippen LogP contribution in [0.3, 0.4) is 0 Å². The van der Waals surface area contributed by atoms with Crippen molar-refractivity contribution < 1.29 is 19.8 Å². The van der Waals surface area contributed by atoms with E-state index in [1.165, 1.54) is 44.6 Å². The van der Waals surface area contributed by atoms with Crippen LogP contribution in [0.1, 0.15) is 89.9 Å². The van der Waals surface area contributed by atoms with Gasteiger partial charge in [0, 0.05) is 6.42 Å². The predicted octanol–water partition coefficient (Wildman–Crippen LogP) is 2.07. The summed E-state index contributed by atoms with van der Waals surface area (Å²) in [6.07, 6.45) is 14.6. The number of carbonyl (C=O) groups is 2. The van der Waals surface area contributed by atoms with Crippen molar-refractivity contribution in [3.63, 3.8) is 0 Å². The lowest BCUT2D eigenvalue weighted by molar-refractivity contribution is -0.120. The molecule has 3 unspecified atom stereocenters. The molecule has 8 N–H and O–H groups in total. The summed E-state index contributed by atoms with van der Waals surface area (Å²) in [6, 6.07) is -1.10. The highest BCUT2D eigenvalue weighted by Gasteiger charge is 2.26. The minimum atomic E-state index is -1.26. The molecule has 0 aliphatic rings. The monoisotopic (exact) mass is 413 g/mol. The second kappa shape index (κ2) is 18.7. The van der Waals surface area contributed by atoms with Crippen molar-refractivity contribution in [2.75, 3.05) is 6.54 Å². The normalized spacial score (nSPS) is 14.8. The molecule has 0 aliphatic carbocycles. The lowest BCUT2D eigenvalue weighted by Crippen LogP contribution is -2.47. The van der Waals surface area contributed by atoms with Gasteiger partial charge in [0.2, 0.25) is 5.91 Å². The van der Waals surface area contributed by atoms with Crippen LogP contribution in [0.5, 0.6) is 0 Å². The fourth-order valence-electron chi connectivity index (χ4n) is 3.19. The summed E-state index contributed by atoms with van der Waals surface area (Å²) in [6.45, 7) is 0.422. The summed E-state index contributed by atoms with van der Waals surface area (Å²) in [5, 5.41) is 19.7. The zero-order chi connectivity index (χ0) is 21.9. The Labute approximate surface area is 176 Å². The third kappa shape index (κ3) is 16.2. The first-order valence-corrected chi connectivity index (χ1v) is 11.2. The summed E-state index contributed by atoms with van der Waals surface area (Å²) in [4.78, 5) is 22.6. The number of rotatable bonds is 20. The highest BCUT2D eigenvalue weighted by atomic mass is 16.3. The molecule has 0 aromatic heterocycles. The number of amides is 1. The second-order valence-electron chi connectivity index (χ2n) is 7.86. The van der Waals surface area contributed by atoms with Crippen molar-refractivity contribution in [2.45, 2.75) is 108 Å². The Morgan fingerprint density at radius 1 is 0.828 bits per heavy atom. The van der Waals surface area contributed by atoms with E-state index in [-0.39, 0.29) is 11.7 Å². The SMILES string of the molecule is NCCCC(O)C(O)C(N)C(=O)C=CCCCCCCCCCCCCC(N)=O. The van der Waals surface area contributed by atoms with Crippen molar-refractivity contribution >= 4 is 11.7 Å². The summed E-state index contributed by atoms with van der Waals surface area (Å²) in [5.74, 6) is -0.568. The molecule has 29 heavy (non-hydrogen) atoms. The van der Waals surface area contributed by atoms with Crippen LogP contribution in [0.4, 0.5) is 0 Å². The summed E-state index contributed by atoms with van der Waals surface area (Å²) in [5.41, 5.74) is 16.2. The Bertz CT molecular complexity index is 457. The number of aliphatic hydroxyl groups excluding tert-OH is 2. The summed E-state index contributed by atoms with van der Waals surface area (Å²) < 4.78 is 0. The van der Waals surface area contributed by atoms with Crippen LogP contribution in [0.15, 0.2) is 12.2 Å². The van der Waals surface area contributed by atoms with Crippen molar-refractivity contribution in [1.82, 2.24) is 0 Å². The smallest absolute Gasteiger partial charge is 0.217 e. The van der Waals surface area contributed by atoms with Crippen LogP contribution in [-0.4, -0.2) is 46.7 Å². The Balaban J connectivity index is 3.61. The number of hydrogen-bond donors (Lipinski definition) is 5. The fourth-order valence-corrected chi connectivity index (χ4v) is 3.19. The highest BCUT2D eigenvalue weighted by molar-refractivity contribution is 5.94. The maximum absolute atomic E-state index is 12.0. The summed E-state index contributed by atoms with van der Waals surface area (Å²) in [7, 11) is 0. The van der Waals surface area contributed by atoms with Crippen molar-refractivity contribution in [2.24, 2.45) is 17.2 Å². The molecule has 0 spiro atoms. The molecule has 0 saturated heterocycles. The average molecular weight is 414 g/mol. The number of unbranched alkanes of at least 4 members (excludes halogenated alkanes) is 10. The van der Waals surface area contributed by atoms with Crippen LogP contribution in [0.25, 0.3) is 0 Å². The molecule has 0 aromatic carbocycles. The van der Waals surface area contributed by atoms with E-state index in [4.69, 9.17) is 17.2 Å². The quantitative estimate of drug-likeness (QED) is 0.152. The van der Waals surface area contributed by atoms with Gasteiger partial charge in [0.15, 0.2) is 5.78 Å². The average Bonchev–Trinajstić information content (AvgIpc) is 2.70. The molecule has 0 bridgehead atoms. The van der Waals surface area contributed by atoms with Crippen molar-refractivity contribution in [3.05, 3.63) is 12.2 Å². The second-order valence-corrected chi connectivity index (χ2v) is 7.86. The Morgan fingerprint density at radius 3 is 1.86 bits per heavy atom. The van der Waals surface area contributed by atoms with Gasteiger partial charge < -0.3 is 27.4 Å². The van der Waals surface area contributed by atoms with E-state index in [2.05, 4.69) is 0 Å². The van der Waals surface area contributed by atoms with E-state index in [1.54, 1.807) is 6.08 Å². The number of carbonyl (C=O) groups excluding carboxylic acids is 2. The van der Waals surface area contributed by atoms with E-state index in [9.17, 15) is 19.8 Å². The maximum Gasteiger partial charge on any atom is 0.217 e. The molecule has 0 fully saturated rings. The fraction of sp³-hybridized carbons (Fsp3) is 0.818. The number of nitrogens with two attached hydrogens (primary N) is 3. The molecule has 0 aliphatic heterocycles. The number of allylic oxidation sites excluding steroid dienone is 1. The number of primary amides is 1. The topological polar surface area (TPSA) is 153 Å². The van der Waals surface area contributed by atoms with Gasteiger partial charge in [-0.2, -0.15) is 0 Å². The van der Waals surface area contributed by atoms with E-state index in [0.717, 1.165) is 32.1 Å². The van der Waals surface area contributed by atoms with Crippen molar-refractivity contribution in [1.29, 1.82) is 0 Å². The molecular weight excluding hydrogens is 370 g/mol. The molecule has 1 amide bonds. The highest BCUT2D eigenvalue weighted by Crippen LogP contribution is 2.12. The molecule has 0 heterocycles. The van der Waals surface area contributed by atoms with Crippen LogP contribution >= 0.6 is 0 Å². The van der Waals surface area contributed by atoms with Gasteiger partial charge in [-0.1, -0.05) is 57.4 Å². The maximum atomic E-state index is 12.0. The first-order chi connectivity index (χ1) is 13.9. The van der Waals surface area contributed by atoms with E-state index < -0.39 is 18.2 Å². The predicted molar refractivity (Wildman–Crippen MR) is 117 cm³/mol. The number of ketones is 1. The number of hydrogen-bond acceptors (Lipinski definition) is 6. The van der Waals surface area contributed by atoms with Gasteiger partial charge in [-0.3, -0.25) is 9.59 Å². The van der Waals surface area contributed by atoms with Gasteiger partial charge in [0.1, 0.15) is 6.10 Å². The standard InChI is InChI=1S/C22H43N3O4/c23-17-13-15-19(27)22(29)21(25)18(26)14-11-9-7-5-3-1-2-4-6-8-10-12-16-20(24)28/h11,14,19,21-22,27,29H,1-10,12-13,15-17,23,25H2,(H2,24,28). The van der Waals surface area contributed by atoms with Crippen LogP contribution < -0.4 is 17.2 Å². The Morgan fingerprint density at radius 2 is 1.34 bits per heavy atom. The van der Waals surface area contributed by atoms with Crippen LogP contribution in [0.2, 0.25) is 0 Å². The number of aliphatic hydroxyl groups is 2. The first-order valence-electron chi connectivity index (χ1n) is 11.2. The van der Waals surface area contributed by atoms with Crippen LogP contribution in [0, 0.1) is 0 Å². The van der Waals surface area contributed by atoms with Gasteiger partial charge in [0.05, 0.1) is 12.1 Å². The van der Waals surface area contributed by atoms with E-state index in [0.29, 0.717) is 25.8 Å². The molecule has 3 atom stereocenters. The minimum absolute atomic E-state index is 0.207. The molecule has 0 radical (unpaired) electrons. The Kier molecular flexibility index (Phi) is 17.9. The molecule has 7 nitrogen and oxygen atoms in total. The van der Waals surface area contributed by atoms with Gasteiger partial charge in [-0.15, -0.1) is 0 Å². The van der Waals surface area contributed by atoms with E-state index in [1.807, 2.05) is 0 Å². The summed E-state index contributed by atoms with van der Waals surface area (Å²) >= 11 is 0. The molecule has 0 saturated carbocycles. The van der Waals surface area contributed by atoms with Crippen molar-refractivity contribution in [3.8, 4) is 0 Å². The van der Waals surface area contributed by atoms with Gasteiger partial charge >= 0.3 is 0 Å². The third-order valence-electron chi connectivity index (χ3n) is 5.12. The third-order valence-corrected chi connectivity index (χ3v) is 5.12. The largest absolute Gasteiger partial charge is 0.390 e. The zero-order valence-electron chi connectivity index (χ0n) is 17.9. The first kappa shape index (κ1) is 27.7. The van der Waals surface area contributed by atoms with Gasteiger partial charge in [-0.05, 0) is 44.7 Å². The van der Waals surface area contributed by atoms with E-state index >= 15 is 0 Å². The lowest BCUT2D eigenvalue weighted by atomic mass is 9.98. The van der Waals surface area contributed by atoms with Gasteiger partial charge in [0.25, 0.3) is 0 Å². The Hall–Kier alpha value is -1.28. The molecule has 0 rings (SSSR count). The zero-order valence-corrected chi connectivity index (χ0v) is 17.9. The van der Waals surface area contributed by atoms with Gasteiger partial charge in [-0.25, -0.2) is 0 Å². The minimum Gasteiger partial charge on any atom is -0.390 e. The molecule has 170 valence electrons.